The number of ether oxygens (including phenoxy) is 1. The molecule has 0 atom stereocenters. The molecule has 0 aromatic heterocycles. The van der Waals surface area contributed by atoms with E-state index in [1.807, 2.05) is 75.4 Å². The van der Waals surface area contributed by atoms with Gasteiger partial charge in [0.05, 0.1) is 5.69 Å². The summed E-state index contributed by atoms with van der Waals surface area (Å²) in [5.41, 5.74) is 7.84. The summed E-state index contributed by atoms with van der Waals surface area (Å²) < 4.78 is 5.19. The molecule has 0 fully saturated rings. The van der Waals surface area contributed by atoms with Gasteiger partial charge in [0.15, 0.2) is 0 Å². The van der Waals surface area contributed by atoms with Crippen molar-refractivity contribution < 1.29 is 9.53 Å². The van der Waals surface area contributed by atoms with E-state index in [-0.39, 0.29) is 0 Å². The van der Waals surface area contributed by atoms with Crippen LogP contribution in [-0.4, -0.2) is 11.7 Å². The second kappa shape index (κ2) is 6.31. The number of hydrazine groups is 1. The fourth-order valence-corrected chi connectivity index (χ4v) is 1.88. The van der Waals surface area contributed by atoms with Crippen LogP contribution in [0.25, 0.3) is 11.1 Å². The van der Waals surface area contributed by atoms with E-state index in [1.54, 1.807) is 0 Å². The normalized spacial score (nSPS) is 10.8. The summed E-state index contributed by atoms with van der Waals surface area (Å²) in [7, 11) is 0. The van der Waals surface area contributed by atoms with E-state index in [1.165, 1.54) is 0 Å². The molecule has 0 saturated carbocycles. The Labute approximate surface area is 125 Å². The minimum Gasteiger partial charge on any atom is -0.443 e. The number of para-hydroxylation sites is 1. The number of anilines is 1. The molecule has 0 bridgehead atoms. The molecule has 1 amide bonds. The topological polar surface area (TPSA) is 50.4 Å². The van der Waals surface area contributed by atoms with Crippen molar-refractivity contribution in [3.63, 3.8) is 0 Å². The monoisotopic (exact) mass is 284 g/mol. The van der Waals surface area contributed by atoms with Crippen LogP contribution in [0.1, 0.15) is 20.8 Å². The third kappa shape index (κ3) is 4.53. The lowest BCUT2D eigenvalue weighted by molar-refractivity contribution is 0.0541. The average Bonchev–Trinajstić information content (AvgIpc) is 2.45. The molecular weight excluding hydrogens is 264 g/mol. The highest BCUT2D eigenvalue weighted by Gasteiger charge is 2.16. The highest BCUT2D eigenvalue weighted by atomic mass is 16.6. The van der Waals surface area contributed by atoms with Gasteiger partial charge in [0, 0.05) is 5.56 Å². The van der Waals surface area contributed by atoms with Crippen molar-refractivity contribution in [1.29, 1.82) is 0 Å². The number of hydrogen-bond acceptors (Lipinski definition) is 3. The van der Waals surface area contributed by atoms with Gasteiger partial charge in [-0.1, -0.05) is 48.5 Å². The first-order valence-electron chi connectivity index (χ1n) is 6.85. The van der Waals surface area contributed by atoms with Crippen LogP contribution in [0.5, 0.6) is 0 Å². The minimum atomic E-state index is -0.523. The molecule has 110 valence electrons. The summed E-state index contributed by atoms with van der Waals surface area (Å²) in [4.78, 5) is 11.7. The minimum absolute atomic E-state index is 0.509. The number of carbonyl (C=O) groups is 1. The number of benzene rings is 2. The smallest absolute Gasteiger partial charge is 0.426 e. The second-order valence-corrected chi connectivity index (χ2v) is 5.66. The third-order valence-corrected chi connectivity index (χ3v) is 2.71. The van der Waals surface area contributed by atoms with Gasteiger partial charge in [-0.3, -0.25) is 5.43 Å². The van der Waals surface area contributed by atoms with E-state index < -0.39 is 11.7 Å². The Morgan fingerprint density at radius 1 is 0.952 bits per heavy atom. The summed E-state index contributed by atoms with van der Waals surface area (Å²) in [6, 6.07) is 17.7. The molecule has 0 heterocycles. The van der Waals surface area contributed by atoms with Gasteiger partial charge in [-0.2, -0.15) is 0 Å². The Hall–Kier alpha value is -2.49. The molecule has 0 spiro atoms. The molecule has 21 heavy (non-hydrogen) atoms. The largest absolute Gasteiger partial charge is 0.443 e. The zero-order chi connectivity index (χ0) is 15.3. The molecule has 4 heteroatoms. The Morgan fingerprint density at radius 2 is 1.57 bits per heavy atom. The SMILES string of the molecule is CC(C)(C)OC(=O)NNc1ccccc1-c1ccccc1. The molecule has 2 rings (SSSR count). The summed E-state index contributed by atoms with van der Waals surface area (Å²) in [5.74, 6) is 0. The molecular formula is C17H20N2O2. The molecule has 4 nitrogen and oxygen atoms in total. The van der Waals surface area contributed by atoms with Crippen LogP contribution in [-0.2, 0) is 4.74 Å². The summed E-state index contributed by atoms with van der Waals surface area (Å²) >= 11 is 0. The van der Waals surface area contributed by atoms with Crippen LogP contribution in [0.4, 0.5) is 10.5 Å². The van der Waals surface area contributed by atoms with Crippen molar-refractivity contribution in [2.24, 2.45) is 0 Å². The molecule has 0 unspecified atom stereocenters. The lowest BCUT2D eigenvalue weighted by Crippen LogP contribution is -2.35. The molecule has 2 aromatic rings. The molecule has 0 aliphatic carbocycles. The predicted molar refractivity (Wildman–Crippen MR) is 84.9 cm³/mol. The lowest BCUT2D eigenvalue weighted by Gasteiger charge is -2.20. The molecule has 0 aliphatic rings. The summed E-state index contributed by atoms with van der Waals surface area (Å²) in [6.07, 6.45) is -0.509. The summed E-state index contributed by atoms with van der Waals surface area (Å²) in [5, 5.41) is 0. The van der Waals surface area contributed by atoms with Crippen molar-refractivity contribution in [1.82, 2.24) is 5.43 Å². The quantitative estimate of drug-likeness (QED) is 0.830. The van der Waals surface area contributed by atoms with Gasteiger partial charge in [0.2, 0.25) is 0 Å². The first kappa shape index (κ1) is 14.9. The van der Waals surface area contributed by atoms with E-state index in [2.05, 4.69) is 10.9 Å². The van der Waals surface area contributed by atoms with Gasteiger partial charge in [-0.15, -0.1) is 0 Å². The van der Waals surface area contributed by atoms with Gasteiger partial charge < -0.3 is 4.74 Å². The Bertz CT molecular complexity index is 604. The van der Waals surface area contributed by atoms with Crippen LogP contribution >= 0.6 is 0 Å². The van der Waals surface area contributed by atoms with Crippen molar-refractivity contribution in [3.05, 3.63) is 54.6 Å². The fourth-order valence-electron chi connectivity index (χ4n) is 1.88. The Kier molecular flexibility index (Phi) is 4.48. The van der Waals surface area contributed by atoms with Crippen LogP contribution < -0.4 is 10.9 Å². The fraction of sp³-hybridized carbons (Fsp3) is 0.235. The number of hydrogen-bond donors (Lipinski definition) is 2. The Balaban J connectivity index is 2.10. The van der Waals surface area contributed by atoms with Crippen molar-refractivity contribution in [3.8, 4) is 11.1 Å². The first-order chi connectivity index (χ1) is 9.96. The molecule has 2 aromatic carbocycles. The van der Waals surface area contributed by atoms with E-state index >= 15 is 0 Å². The van der Waals surface area contributed by atoms with Crippen LogP contribution in [0.2, 0.25) is 0 Å². The molecule has 0 aliphatic heterocycles. The first-order valence-corrected chi connectivity index (χ1v) is 6.85. The van der Waals surface area contributed by atoms with E-state index in [0.717, 1.165) is 16.8 Å². The molecule has 2 N–H and O–H groups in total. The predicted octanol–water partition coefficient (Wildman–Crippen LogP) is 4.21. The number of carbonyl (C=O) groups excluding carboxylic acids is 1. The number of rotatable bonds is 3. The van der Waals surface area contributed by atoms with Crippen molar-refractivity contribution in [2.45, 2.75) is 26.4 Å². The van der Waals surface area contributed by atoms with Crippen LogP contribution in [0, 0.1) is 0 Å². The standard InChI is InChI=1S/C17H20N2O2/c1-17(2,3)21-16(20)19-18-15-12-8-7-11-14(15)13-9-5-4-6-10-13/h4-12,18H,1-3H3,(H,19,20). The van der Waals surface area contributed by atoms with E-state index in [4.69, 9.17) is 4.74 Å². The highest BCUT2D eigenvalue weighted by Crippen LogP contribution is 2.26. The third-order valence-electron chi connectivity index (χ3n) is 2.71. The van der Waals surface area contributed by atoms with Gasteiger partial charge in [0.1, 0.15) is 5.60 Å². The maximum Gasteiger partial charge on any atom is 0.426 e. The summed E-state index contributed by atoms with van der Waals surface area (Å²) in [6.45, 7) is 5.47. The molecule has 0 saturated heterocycles. The van der Waals surface area contributed by atoms with E-state index in [0.29, 0.717) is 0 Å². The van der Waals surface area contributed by atoms with E-state index in [9.17, 15) is 4.79 Å². The maximum absolute atomic E-state index is 11.7. The van der Waals surface area contributed by atoms with Gasteiger partial charge >= 0.3 is 6.09 Å². The highest BCUT2D eigenvalue weighted by molar-refractivity contribution is 5.79. The molecule has 0 radical (unpaired) electrons. The number of amides is 1. The zero-order valence-electron chi connectivity index (χ0n) is 12.5. The van der Waals surface area contributed by atoms with Crippen molar-refractivity contribution in [2.75, 3.05) is 5.43 Å². The van der Waals surface area contributed by atoms with Gasteiger partial charge in [0.25, 0.3) is 0 Å². The van der Waals surface area contributed by atoms with Crippen LogP contribution in [0.3, 0.4) is 0 Å². The average molecular weight is 284 g/mol. The van der Waals surface area contributed by atoms with Crippen molar-refractivity contribution >= 4 is 11.8 Å². The number of nitrogens with one attached hydrogen (secondary N) is 2. The maximum atomic E-state index is 11.7. The zero-order valence-corrected chi connectivity index (χ0v) is 12.5. The van der Waals surface area contributed by atoms with Crippen LogP contribution in [0.15, 0.2) is 54.6 Å². The second-order valence-electron chi connectivity index (χ2n) is 5.66. The van der Waals surface area contributed by atoms with Gasteiger partial charge in [-0.05, 0) is 32.4 Å². The Morgan fingerprint density at radius 3 is 2.24 bits per heavy atom. The van der Waals surface area contributed by atoms with Gasteiger partial charge in [-0.25, -0.2) is 10.2 Å². The lowest BCUT2D eigenvalue weighted by atomic mass is 10.0.